The molecule has 2 nitrogen and oxygen atoms in total. The smallest absolute Gasteiger partial charge is 0.384 e. The van der Waals surface area contributed by atoms with Crippen LogP contribution in [0.5, 0.6) is 0 Å². The number of nitrogens with zero attached hydrogens (tertiary/aromatic N) is 1. The van der Waals surface area contributed by atoms with Gasteiger partial charge in [0.15, 0.2) is 0 Å². The van der Waals surface area contributed by atoms with Crippen LogP contribution in [0.2, 0.25) is 0 Å². The molecule has 0 aliphatic rings. The van der Waals surface area contributed by atoms with Crippen molar-refractivity contribution in [3.05, 3.63) is 23.4 Å². The van der Waals surface area contributed by atoms with Crippen molar-refractivity contribution < 1.29 is 26.3 Å². The third kappa shape index (κ3) is 2.51. The van der Waals surface area contributed by atoms with Crippen LogP contribution in [0.4, 0.5) is 32.2 Å². The molecule has 0 fully saturated rings. The lowest BCUT2D eigenvalue weighted by Gasteiger charge is -2.14. The Morgan fingerprint density at radius 1 is 0.933 bits per heavy atom. The van der Waals surface area contributed by atoms with E-state index in [1.165, 1.54) is 0 Å². The predicted molar refractivity (Wildman–Crippen MR) is 38.7 cm³/mol. The van der Waals surface area contributed by atoms with Gasteiger partial charge in [-0.05, 0) is 6.07 Å². The number of hydrogen-bond donors (Lipinski definition) is 1. The number of nitrogen functional groups attached to an aromatic ring is 1. The van der Waals surface area contributed by atoms with E-state index in [9.17, 15) is 26.3 Å². The molecule has 15 heavy (non-hydrogen) atoms. The molecule has 0 spiro atoms. The van der Waals surface area contributed by atoms with E-state index in [-0.39, 0.29) is 12.3 Å². The molecule has 0 saturated carbocycles. The summed E-state index contributed by atoms with van der Waals surface area (Å²) in [6, 6.07) is 0.156. The second-order valence-electron chi connectivity index (χ2n) is 2.65. The monoisotopic (exact) mass is 230 g/mol. The highest BCUT2D eigenvalue weighted by atomic mass is 19.4. The van der Waals surface area contributed by atoms with Crippen molar-refractivity contribution in [2.24, 2.45) is 0 Å². The Hall–Kier alpha value is -1.47. The summed E-state index contributed by atoms with van der Waals surface area (Å²) in [5, 5.41) is 0. The summed E-state index contributed by atoms with van der Waals surface area (Å²) in [4.78, 5) is 2.98. The molecule has 1 aromatic rings. The quantitative estimate of drug-likeness (QED) is 0.696. The van der Waals surface area contributed by atoms with Crippen molar-refractivity contribution in [2.75, 3.05) is 5.73 Å². The summed E-state index contributed by atoms with van der Waals surface area (Å²) in [6.45, 7) is 0. The maximum atomic E-state index is 12.2. The van der Waals surface area contributed by atoms with Crippen molar-refractivity contribution >= 4 is 5.82 Å². The van der Waals surface area contributed by atoms with E-state index in [0.29, 0.717) is 0 Å². The van der Waals surface area contributed by atoms with Crippen LogP contribution >= 0.6 is 0 Å². The van der Waals surface area contributed by atoms with Gasteiger partial charge in [0.25, 0.3) is 0 Å². The van der Waals surface area contributed by atoms with Gasteiger partial charge in [-0.25, -0.2) is 4.98 Å². The number of halogens is 6. The van der Waals surface area contributed by atoms with Gasteiger partial charge in [0.2, 0.25) is 0 Å². The Labute approximate surface area is 79.7 Å². The summed E-state index contributed by atoms with van der Waals surface area (Å²) in [5.41, 5.74) is 1.21. The second-order valence-corrected chi connectivity index (χ2v) is 2.65. The summed E-state index contributed by atoms with van der Waals surface area (Å²) < 4.78 is 72.9. The molecule has 0 bridgehead atoms. The highest BCUT2D eigenvalue weighted by Gasteiger charge is 2.43. The number of alkyl halides is 6. The van der Waals surface area contributed by atoms with Gasteiger partial charge in [-0.1, -0.05) is 0 Å². The minimum Gasteiger partial charge on any atom is -0.384 e. The number of anilines is 1. The van der Waals surface area contributed by atoms with Crippen molar-refractivity contribution in [1.82, 2.24) is 4.98 Å². The normalized spacial score (nSPS) is 12.9. The average molecular weight is 230 g/mol. The lowest BCUT2D eigenvalue weighted by molar-refractivity contribution is -0.162. The summed E-state index contributed by atoms with van der Waals surface area (Å²) in [7, 11) is 0. The van der Waals surface area contributed by atoms with E-state index >= 15 is 0 Å². The van der Waals surface area contributed by atoms with E-state index < -0.39 is 29.3 Å². The molecule has 1 heterocycles. The van der Waals surface area contributed by atoms with Crippen LogP contribution in [0.1, 0.15) is 11.1 Å². The summed E-state index contributed by atoms with van der Waals surface area (Å²) in [6.07, 6.45) is -10.1. The van der Waals surface area contributed by atoms with Crippen LogP contribution in [0.3, 0.4) is 0 Å². The standard InChI is InChI=1S/C7H4F6N2/c8-6(9,10)3-1-5(14)15-2-4(3)7(11,12)13/h1-2H,(H2,14,15). The van der Waals surface area contributed by atoms with E-state index in [2.05, 4.69) is 4.98 Å². The summed E-state index contributed by atoms with van der Waals surface area (Å²) >= 11 is 0. The molecule has 0 amide bonds. The number of nitrogens with two attached hydrogens (primary N) is 1. The number of aromatic nitrogens is 1. The van der Waals surface area contributed by atoms with Gasteiger partial charge in [-0.2, -0.15) is 26.3 Å². The van der Waals surface area contributed by atoms with E-state index in [1.54, 1.807) is 0 Å². The molecule has 0 radical (unpaired) electrons. The first-order valence-electron chi connectivity index (χ1n) is 3.52. The van der Waals surface area contributed by atoms with Gasteiger partial charge in [0.1, 0.15) is 5.82 Å². The Morgan fingerprint density at radius 2 is 1.40 bits per heavy atom. The predicted octanol–water partition coefficient (Wildman–Crippen LogP) is 2.70. The number of rotatable bonds is 0. The first kappa shape index (κ1) is 11.6. The fraction of sp³-hybridized carbons (Fsp3) is 0.286. The lowest BCUT2D eigenvalue weighted by Crippen LogP contribution is -2.17. The molecular weight excluding hydrogens is 226 g/mol. The van der Waals surface area contributed by atoms with E-state index in [1.807, 2.05) is 0 Å². The topological polar surface area (TPSA) is 38.9 Å². The second kappa shape index (κ2) is 3.28. The Bertz CT molecular complexity index is 367. The van der Waals surface area contributed by atoms with Gasteiger partial charge in [0.05, 0.1) is 11.1 Å². The molecule has 0 saturated heterocycles. The van der Waals surface area contributed by atoms with Crippen LogP contribution < -0.4 is 5.73 Å². The zero-order valence-corrected chi connectivity index (χ0v) is 6.95. The van der Waals surface area contributed by atoms with Gasteiger partial charge in [0, 0.05) is 6.20 Å². The lowest BCUT2D eigenvalue weighted by atomic mass is 10.1. The van der Waals surface area contributed by atoms with Crippen LogP contribution in [0.25, 0.3) is 0 Å². The third-order valence-electron chi connectivity index (χ3n) is 1.54. The van der Waals surface area contributed by atoms with Crippen molar-refractivity contribution in [2.45, 2.75) is 12.4 Å². The first-order valence-corrected chi connectivity index (χ1v) is 3.52. The van der Waals surface area contributed by atoms with Crippen molar-refractivity contribution in [1.29, 1.82) is 0 Å². The van der Waals surface area contributed by atoms with Gasteiger partial charge >= 0.3 is 12.4 Å². The molecule has 84 valence electrons. The molecule has 1 aromatic heterocycles. The molecule has 8 heteroatoms. The zero-order valence-electron chi connectivity index (χ0n) is 6.95. The van der Waals surface area contributed by atoms with Crippen LogP contribution in [-0.4, -0.2) is 4.98 Å². The molecular formula is C7H4F6N2. The average Bonchev–Trinajstić information content (AvgIpc) is 2.00. The zero-order chi connectivity index (χ0) is 11.9. The van der Waals surface area contributed by atoms with E-state index in [0.717, 1.165) is 0 Å². The van der Waals surface area contributed by atoms with Gasteiger partial charge in [-0.3, -0.25) is 0 Å². The van der Waals surface area contributed by atoms with E-state index in [4.69, 9.17) is 5.73 Å². The van der Waals surface area contributed by atoms with Crippen molar-refractivity contribution in [3.8, 4) is 0 Å². The molecule has 0 aromatic carbocycles. The summed E-state index contributed by atoms with van der Waals surface area (Å²) in [5.74, 6) is -0.615. The first-order chi connectivity index (χ1) is 6.62. The maximum Gasteiger partial charge on any atom is 0.418 e. The van der Waals surface area contributed by atoms with Crippen LogP contribution in [0, 0.1) is 0 Å². The minimum absolute atomic E-state index is 0.0676. The molecule has 0 aliphatic heterocycles. The highest BCUT2D eigenvalue weighted by Crippen LogP contribution is 2.40. The fourth-order valence-corrected chi connectivity index (χ4v) is 0.932. The van der Waals surface area contributed by atoms with Gasteiger partial charge < -0.3 is 5.73 Å². The number of hydrogen-bond acceptors (Lipinski definition) is 2. The molecule has 0 unspecified atom stereocenters. The fourth-order valence-electron chi connectivity index (χ4n) is 0.932. The van der Waals surface area contributed by atoms with Crippen LogP contribution in [0.15, 0.2) is 12.3 Å². The molecule has 0 aliphatic carbocycles. The highest BCUT2D eigenvalue weighted by molar-refractivity contribution is 5.40. The number of pyridine rings is 1. The Kier molecular flexibility index (Phi) is 2.54. The molecule has 2 N–H and O–H groups in total. The third-order valence-corrected chi connectivity index (χ3v) is 1.54. The largest absolute Gasteiger partial charge is 0.418 e. The minimum atomic E-state index is -5.11. The SMILES string of the molecule is Nc1cc(C(F)(F)F)c(C(F)(F)F)cn1. The van der Waals surface area contributed by atoms with Crippen molar-refractivity contribution in [3.63, 3.8) is 0 Å². The molecule has 0 atom stereocenters. The Morgan fingerprint density at radius 3 is 1.80 bits per heavy atom. The molecule has 1 rings (SSSR count). The van der Waals surface area contributed by atoms with Gasteiger partial charge in [-0.15, -0.1) is 0 Å². The Balaban J connectivity index is 3.41. The van der Waals surface area contributed by atoms with Crippen LogP contribution in [-0.2, 0) is 12.4 Å². The maximum absolute atomic E-state index is 12.2.